The lowest BCUT2D eigenvalue weighted by Crippen LogP contribution is -2.47. The maximum absolute atomic E-state index is 13.7. The molecule has 0 unspecified atom stereocenters. The van der Waals surface area contributed by atoms with Gasteiger partial charge >= 0.3 is 0 Å². The van der Waals surface area contributed by atoms with Crippen LogP contribution in [0.3, 0.4) is 0 Å². The van der Waals surface area contributed by atoms with Gasteiger partial charge in [0.05, 0.1) is 6.10 Å². The number of aliphatic imine (C=N–C) groups is 1. The molecule has 1 fully saturated rings. The lowest BCUT2D eigenvalue weighted by molar-refractivity contribution is 0.0264. The van der Waals surface area contributed by atoms with Crippen LogP contribution < -0.4 is 5.32 Å². The molecule has 1 aliphatic heterocycles. The Morgan fingerprint density at radius 1 is 1.28 bits per heavy atom. The first-order valence-electron chi connectivity index (χ1n) is 8.72. The Bertz CT molecular complexity index is 549. The van der Waals surface area contributed by atoms with Crippen LogP contribution in [0.15, 0.2) is 23.2 Å². The molecule has 1 aromatic rings. The Kier molecular flexibility index (Phi) is 10.3. The third-order valence-corrected chi connectivity index (χ3v) is 4.14. The van der Waals surface area contributed by atoms with Gasteiger partial charge in [-0.2, -0.15) is 0 Å². The molecule has 1 N–H and O–H groups in total. The Balaban J connectivity index is 0.00000312. The van der Waals surface area contributed by atoms with Crippen LogP contribution in [0.4, 0.5) is 8.78 Å². The van der Waals surface area contributed by atoms with Crippen LogP contribution in [-0.4, -0.2) is 49.7 Å². The van der Waals surface area contributed by atoms with Gasteiger partial charge in [-0.3, -0.25) is 4.99 Å². The molecule has 25 heavy (non-hydrogen) atoms. The second-order valence-corrected chi connectivity index (χ2v) is 5.86. The topological polar surface area (TPSA) is 36.9 Å². The summed E-state index contributed by atoms with van der Waals surface area (Å²) in [4.78, 5) is 6.82. The van der Waals surface area contributed by atoms with Crippen molar-refractivity contribution in [1.29, 1.82) is 0 Å². The van der Waals surface area contributed by atoms with Crippen molar-refractivity contribution in [3.8, 4) is 0 Å². The predicted octanol–water partition coefficient (Wildman–Crippen LogP) is 3.59. The van der Waals surface area contributed by atoms with Crippen LogP contribution in [0.2, 0.25) is 0 Å². The van der Waals surface area contributed by atoms with Crippen LogP contribution in [0.5, 0.6) is 0 Å². The standard InChI is InChI=1S/C18H27F2N3O.HI/c1-3-21-18(23-11-8-16(9-12-23)24-4-2)22-10-7-14-5-6-15(19)13-17(14)20;/h5-6,13,16H,3-4,7-12H2,1-2H3,(H,21,22);1H. The second kappa shape index (κ2) is 11.6. The normalized spacial score (nSPS) is 15.8. The molecule has 0 bridgehead atoms. The first-order chi connectivity index (χ1) is 11.6. The lowest BCUT2D eigenvalue weighted by Gasteiger charge is -2.34. The largest absolute Gasteiger partial charge is 0.378 e. The number of ether oxygens (including phenoxy) is 1. The quantitative estimate of drug-likeness (QED) is 0.395. The molecule has 1 saturated heterocycles. The number of hydrogen-bond acceptors (Lipinski definition) is 2. The van der Waals surface area contributed by atoms with Gasteiger partial charge in [0.25, 0.3) is 0 Å². The highest BCUT2D eigenvalue weighted by molar-refractivity contribution is 14.0. The number of nitrogens with one attached hydrogen (secondary N) is 1. The van der Waals surface area contributed by atoms with E-state index in [1.807, 2.05) is 13.8 Å². The van der Waals surface area contributed by atoms with E-state index in [2.05, 4.69) is 15.2 Å². The summed E-state index contributed by atoms with van der Waals surface area (Å²) in [7, 11) is 0. The summed E-state index contributed by atoms with van der Waals surface area (Å²) in [5, 5.41) is 3.29. The van der Waals surface area contributed by atoms with Crippen LogP contribution in [0.25, 0.3) is 0 Å². The molecular formula is C18H28F2IN3O. The first-order valence-corrected chi connectivity index (χ1v) is 8.72. The van der Waals surface area contributed by atoms with Gasteiger partial charge in [-0.1, -0.05) is 6.07 Å². The Hall–Kier alpha value is -0.960. The van der Waals surface area contributed by atoms with Crippen molar-refractivity contribution in [2.75, 3.05) is 32.8 Å². The highest BCUT2D eigenvalue weighted by Gasteiger charge is 2.21. The van der Waals surface area contributed by atoms with E-state index in [9.17, 15) is 8.78 Å². The van der Waals surface area contributed by atoms with Crippen LogP contribution >= 0.6 is 24.0 Å². The van der Waals surface area contributed by atoms with Crippen LogP contribution in [0, 0.1) is 11.6 Å². The highest BCUT2D eigenvalue weighted by atomic mass is 127. The van der Waals surface area contributed by atoms with Crippen molar-refractivity contribution >= 4 is 29.9 Å². The maximum Gasteiger partial charge on any atom is 0.193 e. The summed E-state index contributed by atoms with van der Waals surface area (Å²) in [6, 6.07) is 3.69. The number of piperidine rings is 1. The van der Waals surface area contributed by atoms with Crippen molar-refractivity contribution in [3.05, 3.63) is 35.4 Å². The molecule has 0 aromatic heterocycles. The molecule has 0 radical (unpaired) electrons. The smallest absolute Gasteiger partial charge is 0.193 e. The van der Waals surface area contributed by atoms with Gasteiger partial charge in [0.15, 0.2) is 5.96 Å². The molecule has 1 heterocycles. The summed E-state index contributed by atoms with van der Waals surface area (Å²) < 4.78 is 32.3. The molecule has 0 atom stereocenters. The van der Waals surface area contributed by atoms with E-state index < -0.39 is 11.6 Å². The lowest BCUT2D eigenvalue weighted by atomic mass is 10.1. The van der Waals surface area contributed by atoms with Crippen molar-refractivity contribution in [2.24, 2.45) is 4.99 Å². The van der Waals surface area contributed by atoms with E-state index in [0.29, 0.717) is 24.6 Å². The number of likely N-dealkylation sites (tertiary alicyclic amines) is 1. The van der Waals surface area contributed by atoms with Gasteiger partial charge in [-0.25, -0.2) is 8.78 Å². The highest BCUT2D eigenvalue weighted by Crippen LogP contribution is 2.14. The fraction of sp³-hybridized carbons (Fsp3) is 0.611. The van der Waals surface area contributed by atoms with Gasteiger partial charge in [0.2, 0.25) is 0 Å². The summed E-state index contributed by atoms with van der Waals surface area (Å²) in [5.74, 6) is -0.201. The minimum absolute atomic E-state index is 0. The average Bonchev–Trinajstić information content (AvgIpc) is 2.57. The Labute approximate surface area is 166 Å². The average molecular weight is 467 g/mol. The van der Waals surface area contributed by atoms with Crippen molar-refractivity contribution in [1.82, 2.24) is 10.2 Å². The zero-order chi connectivity index (χ0) is 17.4. The number of guanidine groups is 1. The SMILES string of the molecule is CCNC(=NCCc1ccc(F)cc1F)N1CCC(OCC)CC1.I. The van der Waals surface area contributed by atoms with Crippen LogP contribution in [0.1, 0.15) is 32.3 Å². The molecule has 2 rings (SSSR count). The second-order valence-electron chi connectivity index (χ2n) is 5.86. The minimum Gasteiger partial charge on any atom is -0.378 e. The molecule has 1 aromatic carbocycles. The third-order valence-electron chi connectivity index (χ3n) is 4.14. The first kappa shape index (κ1) is 22.1. The summed E-state index contributed by atoms with van der Waals surface area (Å²) >= 11 is 0. The molecule has 0 spiro atoms. The van der Waals surface area contributed by atoms with Crippen molar-refractivity contribution < 1.29 is 13.5 Å². The van der Waals surface area contributed by atoms with Gasteiger partial charge in [-0.15, -0.1) is 24.0 Å². The number of halogens is 3. The summed E-state index contributed by atoms with van der Waals surface area (Å²) in [6.07, 6.45) is 2.77. The van der Waals surface area contributed by atoms with Gasteiger partial charge in [-0.05, 0) is 44.7 Å². The van der Waals surface area contributed by atoms with Gasteiger partial charge in [0, 0.05) is 38.9 Å². The molecule has 142 valence electrons. The molecular weight excluding hydrogens is 439 g/mol. The molecule has 7 heteroatoms. The fourth-order valence-corrected chi connectivity index (χ4v) is 2.90. The molecule has 1 aliphatic rings. The van der Waals surface area contributed by atoms with Gasteiger partial charge < -0.3 is 15.0 Å². The minimum atomic E-state index is -0.551. The van der Waals surface area contributed by atoms with Crippen LogP contribution in [-0.2, 0) is 11.2 Å². The molecule has 0 amide bonds. The van der Waals surface area contributed by atoms with E-state index in [1.165, 1.54) is 12.1 Å². The number of rotatable bonds is 6. The maximum atomic E-state index is 13.7. The predicted molar refractivity (Wildman–Crippen MR) is 108 cm³/mol. The van der Waals surface area contributed by atoms with Crippen molar-refractivity contribution in [3.63, 3.8) is 0 Å². The van der Waals surface area contributed by atoms with E-state index in [-0.39, 0.29) is 24.0 Å². The van der Waals surface area contributed by atoms with E-state index in [1.54, 1.807) is 0 Å². The van der Waals surface area contributed by atoms with Gasteiger partial charge in [0.1, 0.15) is 11.6 Å². The van der Waals surface area contributed by atoms with E-state index in [0.717, 1.165) is 51.1 Å². The summed E-state index contributed by atoms with van der Waals surface area (Å²) in [6.45, 7) is 7.87. The summed E-state index contributed by atoms with van der Waals surface area (Å²) in [5.41, 5.74) is 0.492. The number of hydrogen-bond donors (Lipinski definition) is 1. The Morgan fingerprint density at radius 3 is 2.60 bits per heavy atom. The zero-order valence-corrected chi connectivity index (χ0v) is 17.3. The third kappa shape index (κ3) is 7.05. The zero-order valence-electron chi connectivity index (χ0n) is 14.9. The Morgan fingerprint density at radius 2 is 2.00 bits per heavy atom. The molecule has 0 aliphatic carbocycles. The fourth-order valence-electron chi connectivity index (χ4n) is 2.90. The molecule has 4 nitrogen and oxygen atoms in total. The van der Waals surface area contributed by atoms with Crippen molar-refractivity contribution in [2.45, 2.75) is 39.2 Å². The molecule has 0 saturated carbocycles. The van der Waals surface area contributed by atoms with E-state index >= 15 is 0 Å². The van der Waals surface area contributed by atoms with E-state index in [4.69, 9.17) is 4.74 Å². The number of nitrogens with zero attached hydrogens (tertiary/aromatic N) is 2. The number of benzene rings is 1. The monoisotopic (exact) mass is 467 g/mol.